The SMILES string of the molecule is Nc1ccc(Cl)c(S(=O)Cc2ccc(Cl)s2)c1. The van der Waals surface area contributed by atoms with Crippen LogP contribution in [-0.2, 0) is 16.6 Å². The molecule has 1 atom stereocenters. The molecular weight excluding hydrogens is 297 g/mol. The fraction of sp³-hybridized carbons (Fsp3) is 0.0909. The Labute approximate surface area is 116 Å². The Morgan fingerprint density at radius 3 is 2.65 bits per heavy atom. The highest BCUT2D eigenvalue weighted by atomic mass is 35.5. The van der Waals surface area contributed by atoms with Gasteiger partial charge in [-0.15, -0.1) is 11.3 Å². The molecular formula is C11H9Cl2NOS2. The number of hydrogen-bond acceptors (Lipinski definition) is 3. The molecule has 1 unspecified atom stereocenters. The molecule has 1 heterocycles. The van der Waals surface area contributed by atoms with Crippen LogP contribution >= 0.6 is 34.5 Å². The van der Waals surface area contributed by atoms with Crippen LogP contribution in [0.4, 0.5) is 5.69 Å². The van der Waals surface area contributed by atoms with E-state index in [0.29, 0.717) is 25.7 Å². The summed E-state index contributed by atoms with van der Waals surface area (Å²) in [6.45, 7) is 0. The van der Waals surface area contributed by atoms with Gasteiger partial charge in [-0.2, -0.15) is 0 Å². The molecule has 0 aliphatic heterocycles. The summed E-state index contributed by atoms with van der Waals surface area (Å²) in [6, 6.07) is 8.65. The smallest absolute Gasteiger partial charge is 0.0931 e. The summed E-state index contributed by atoms with van der Waals surface area (Å²) < 4.78 is 12.8. The Balaban J connectivity index is 2.22. The van der Waals surface area contributed by atoms with E-state index >= 15 is 0 Å². The standard InChI is InChI=1S/C11H9Cl2NOS2/c12-9-3-1-7(14)5-10(9)17(15)6-8-2-4-11(13)16-8/h1-5H,6,14H2. The maximum absolute atomic E-state index is 12.1. The number of hydrogen-bond donors (Lipinski definition) is 1. The number of nitrogens with two attached hydrogens (primary N) is 1. The second-order valence-electron chi connectivity index (χ2n) is 3.39. The highest BCUT2D eigenvalue weighted by molar-refractivity contribution is 7.84. The Bertz CT molecular complexity index is 568. The van der Waals surface area contributed by atoms with Gasteiger partial charge in [0, 0.05) is 10.6 Å². The largest absolute Gasteiger partial charge is 0.399 e. The van der Waals surface area contributed by atoms with E-state index in [1.807, 2.05) is 6.07 Å². The first-order valence-electron chi connectivity index (χ1n) is 4.74. The van der Waals surface area contributed by atoms with Gasteiger partial charge in [0.1, 0.15) is 0 Å². The van der Waals surface area contributed by atoms with E-state index in [9.17, 15) is 4.21 Å². The van der Waals surface area contributed by atoms with Crippen LogP contribution in [0.3, 0.4) is 0 Å². The van der Waals surface area contributed by atoms with E-state index in [0.717, 1.165) is 4.88 Å². The van der Waals surface area contributed by atoms with Crippen LogP contribution in [0, 0.1) is 0 Å². The molecule has 0 aliphatic carbocycles. The monoisotopic (exact) mass is 305 g/mol. The van der Waals surface area contributed by atoms with Gasteiger partial charge in [-0.1, -0.05) is 23.2 Å². The second kappa shape index (κ2) is 5.40. The number of anilines is 1. The Hall–Kier alpha value is -0.550. The number of rotatable bonds is 3. The van der Waals surface area contributed by atoms with Gasteiger partial charge < -0.3 is 5.73 Å². The first-order valence-corrected chi connectivity index (χ1v) is 7.63. The van der Waals surface area contributed by atoms with Gasteiger partial charge in [-0.25, -0.2) is 0 Å². The van der Waals surface area contributed by atoms with E-state index in [-0.39, 0.29) is 0 Å². The predicted molar refractivity (Wildman–Crippen MR) is 75.3 cm³/mol. The number of nitrogen functional groups attached to an aromatic ring is 1. The molecule has 0 fully saturated rings. The first kappa shape index (κ1) is 12.9. The van der Waals surface area contributed by atoms with Crippen molar-refractivity contribution in [1.82, 2.24) is 0 Å². The van der Waals surface area contributed by atoms with Crippen LogP contribution in [0.5, 0.6) is 0 Å². The zero-order valence-electron chi connectivity index (χ0n) is 8.65. The third-order valence-electron chi connectivity index (χ3n) is 2.10. The molecule has 2 aromatic rings. The van der Waals surface area contributed by atoms with Crippen molar-refractivity contribution in [2.45, 2.75) is 10.6 Å². The van der Waals surface area contributed by atoms with Crippen molar-refractivity contribution < 1.29 is 4.21 Å². The molecule has 0 spiro atoms. The van der Waals surface area contributed by atoms with Gasteiger partial charge in [0.15, 0.2) is 0 Å². The van der Waals surface area contributed by atoms with E-state index in [1.54, 1.807) is 24.3 Å². The third-order valence-corrected chi connectivity index (χ3v) is 5.36. The van der Waals surface area contributed by atoms with E-state index in [2.05, 4.69) is 0 Å². The first-order chi connectivity index (χ1) is 8.06. The van der Waals surface area contributed by atoms with Gasteiger partial charge >= 0.3 is 0 Å². The normalized spacial score (nSPS) is 12.6. The van der Waals surface area contributed by atoms with Crippen molar-refractivity contribution in [1.29, 1.82) is 0 Å². The molecule has 1 aromatic heterocycles. The average molecular weight is 306 g/mol. The van der Waals surface area contributed by atoms with Crippen LogP contribution in [0.15, 0.2) is 35.2 Å². The molecule has 1 aromatic carbocycles. The molecule has 2 nitrogen and oxygen atoms in total. The lowest BCUT2D eigenvalue weighted by Crippen LogP contribution is -1.97. The lowest BCUT2D eigenvalue weighted by Gasteiger charge is -2.04. The van der Waals surface area contributed by atoms with Crippen molar-refractivity contribution >= 4 is 51.0 Å². The molecule has 0 bridgehead atoms. The Morgan fingerprint density at radius 2 is 2.00 bits per heavy atom. The van der Waals surface area contributed by atoms with Crippen molar-refractivity contribution in [2.24, 2.45) is 0 Å². The fourth-order valence-electron chi connectivity index (χ4n) is 1.33. The van der Waals surface area contributed by atoms with Crippen LogP contribution in [0.25, 0.3) is 0 Å². The average Bonchev–Trinajstić information content (AvgIpc) is 2.67. The predicted octanol–water partition coefficient (Wildman–Crippen LogP) is 3.94. The summed E-state index contributed by atoms with van der Waals surface area (Å²) in [5.41, 5.74) is 6.21. The van der Waals surface area contributed by atoms with E-state index < -0.39 is 10.8 Å². The van der Waals surface area contributed by atoms with Gasteiger partial charge in [-0.05, 0) is 30.3 Å². The summed E-state index contributed by atoms with van der Waals surface area (Å²) in [6.07, 6.45) is 0. The molecule has 0 aliphatic rings. The summed E-state index contributed by atoms with van der Waals surface area (Å²) in [5.74, 6) is 0.403. The molecule has 2 rings (SSSR count). The third kappa shape index (κ3) is 3.22. The summed E-state index contributed by atoms with van der Waals surface area (Å²) >= 11 is 13.2. The highest BCUT2D eigenvalue weighted by Crippen LogP contribution is 2.27. The van der Waals surface area contributed by atoms with Crippen molar-refractivity contribution in [3.05, 3.63) is 44.6 Å². The molecule has 6 heteroatoms. The van der Waals surface area contributed by atoms with Crippen LogP contribution < -0.4 is 5.73 Å². The zero-order valence-corrected chi connectivity index (χ0v) is 11.8. The van der Waals surface area contributed by atoms with Crippen molar-refractivity contribution in [3.63, 3.8) is 0 Å². The molecule has 2 N–H and O–H groups in total. The van der Waals surface area contributed by atoms with E-state index in [1.165, 1.54) is 11.3 Å². The molecule has 0 amide bonds. The van der Waals surface area contributed by atoms with Crippen molar-refractivity contribution in [3.8, 4) is 0 Å². The minimum absolute atomic E-state index is 0.403. The van der Waals surface area contributed by atoms with Gasteiger partial charge in [0.2, 0.25) is 0 Å². The summed E-state index contributed by atoms with van der Waals surface area (Å²) in [4.78, 5) is 1.53. The van der Waals surface area contributed by atoms with Crippen LogP contribution in [0.2, 0.25) is 9.36 Å². The van der Waals surface area contributed by atoms with Crippen molar-refractivity contribution in [2.75, 3.05) is 5.73 Å². The highest BCUT2D eigenvalue weighted by Gasteiger charge is 2.11. The molecule has 0 radical (unpaired) electrons. The van der Waals surface area contributed by atoms with Crippen LogP contribution in [0.1, 0.15) is 4.88 Å². The van der Waals surface area contributed by atoms with Gasteiger partial charge in [0.05, 0.1) is 30.8 Å². The quantitative estimate of drug-likeness (QED) is 0.873. The number of benzene rings is 1. The summed E-state index contributed by atoms with van der Waals surface area (Å²) in [5, 5.41) is 0.472. The maximum Gasteiger partial charge on any atom is 0.0931 e. The number of thiophene rings is 1. The molecule has 17 heavy (non-hydrogen) atoms. The zero-order chi connectivity index (χ0) is 12.4. The van der Waals surface area contributed by atoms with Gasteiger partial charge in [0.25, 0.3) is 0 Å². The summed E-state index contributed by atoms with van der Waals surface area (Å²) in [7, 11) is -1.20. The maximum atomic E-state index is 12.1. The molecule has 0 saturated heterocycles. The minimum atomic E-state index is -1.20. The lowest BCUT2D eigenvalue weighted by molar-refractivity contribution is 0.683. The minimum Gasteiger partial charge on any atom is -0.399 e. The lowest BCUT2D eigenvalue weighted by atomic mass is 10.3. The fourth-order valence-corrected chi connectivity index (χ4v) is 4.21. The molecule has 0 saturated carbocycles. The Kier molecular flexibility index (Phi) is 4.09. The number of halogens is 2. The second-order valence-corrected chi connectivity index (χ2v) is 7.01. The van der Waals surface area contributed by atoms with E-state index in [4.69, 9.17) is 28.9 Å². The molecule has 90 valence electrons. The van der Waals surface area contributed by atoms with Crippen LogP contribution in [-0.4, -0.2) is 4.21 Å². The van der Waals surface area contributed by atoms with Gasteiger partial charge in [-0.3, -0.25) is 4.21 Å². The topological polar surface area (TPSA) is 43.1 Å². The Morgan fingerprint density at radius 1 is 1.24 bits per heavy atom.